The Labute approximate surface area is 160 Å². The summed E-state index contributed by atoms with van der Waals surface area (Å²) in [5.41, 5.74) is 1.65. The molecule has 0 bridgehead atoms. The van der Waals surface area contributed by atoms with Crippen molar-refractivity contribution >= 4 is 23.4 Å². The molecule has 1 amide bonds. The largest absolute Gasteiger partial charge is 0.448 e. The molecule has 1 unspecified atom stereocenters. The third kappa shape index (κ3) is 3.52. The summed E-state index contributed by atoms with van der Waals surface area (Å²) in [6.07, 6.45) is -0.647. The van der Waals surface area contributed by atoms with Crippen LogP contribution in [-0.4, -0.2) is 37.0 Å². The molecule has 0 fully saturated rings. The number of carbonyl (C=O) groups excluding carboxylic acids is 1. The van der Waals surface area contributed by atoms with E-state index in [1.54, 1.807) is 28.9 Å². The number of hydrogen-bond donors (Lipinski definition) is 0. The first-order valence-corrected chi connectivity index (χ1v) is 8.60. The molecule has 0 saturated carbocycles. The number of hydrazone groups is 1. The maximum atomic E-state index is 12.0. The first-order valence-electron chi connectivity index (χ1n) is 8.23. The van der Waals surface area contributed by atoms with Crippen molar-refractivity contribution in [1.82, 2.24) is 25.2 Å². The van der Waals surface area contributed by atoms with E-state index in [-0.39, 0.29) is 12.5 Å². The summed E-state index contributed by atoms with van der Waals surface area (Å²) in [6.45, 7) is 1.64. The van der Waals surface area contributed by atoms with Crippen LogP contribution in [0.5, 0.6) is 0 Å². The predicted molar refractivity (Wildman–Crippen MR) is 98.5 cm³/mol. The number of ether oxygens (including phenoxy) is 1. The maximum absolute atomic E-state index is 12.0. The number of aromatic nitrogens is 4. The van der Waals surface area contributed by atoms with Crippen LogP contribution in [0.2, 0.25) is 5.02 Å². The van der Waals surface area contributed by atoms with Gasteiger partial charge in [-0.15, -0.1) is 10.2 Å². The zero-order valence-corrected chi connectivity index (χ0v) is 15.1. The fraction of sp³-hybridized carbons (Fsp3) is 0.167. The minimum absolute atomic E-state index is 0.200. The molecule has 2 aromatic carbocycles. The van der Waals surface area contributed by atoms with Gasteiger partial charge in [0.1, 0.15) is 6.54 Å². The molecule has 136 valence electrons. The topological polar surface area (TPSA) is 85.5 Å². The lowest BCUT2D eigenvalue weighted by molar-refractivity contribution is -0.135. The van der Waals surface area contributed by atoms with Crippen molar-refractivity contribution in [2.24, 2.45) is 5.10 Å². The summed E-state index contributed by atoms with van der Waals surface area (Å²) in [5, 5.41) is 18.0. The van der Waals surface area contributed by atoms with E-state index in [9.17, 15) is 4.79 Å². The van der Waals surface area contributed by atoms with Gasteiger partial charge in [-0.3, -0.25) is 4.79 Å². The molecule has 1 aliphatic heterocycles. The second kappa shape index (κ2) is 7.16. The Hall–Kier alpha value is -3.26. The maximum Gasteiger partial charge on any atom is 0.243 e. The molecular formula is C18H15ClN6O2. The van der Waals surface area contributed by atoms with Crippen molar-refractivity contribution < 1.29 is 9.53 Å². The average Bonchev–Trinajstić information content (AvgIpc) is 3.31. The number of rotatable bonds is 4. The van der Waals surface area contributed by atoms with Crippen LogP contribution in [-0.2, 0) is 16.1 Å². The summed E-state index contributed by atoms with van der Waals surface area (Å²) in [6, 6.07) is 16.6. The van der Waals surface area contributed by atoms with Crippen molar-refractivity contribution in [3.63, 3.8) is 0 Å². The highest BCUT2D eigenvalue weighted by Crippen LogP contribution is 2.29. The SMILES string of the molecule is CC(=O)N1N=C(Cn2nnnc2-c2ccccc2)OC1c1ccc(Cl)cc1. The number of hydrogen-bond acceptors (Lipinski definition) is 6. The second-order valence-electron chi connectivity index (χ2n) is 5.91. The van der Waals surface area contributed by atoms with E-state index in [1.807, 2.05) is 30.3 Å². The van der Waals surface area contributed by atoms with Gasteiger partial charge < -0.3 is 4.74 Å². The molecule has 2 heterocycles. The number of halogens is 1. The molecule has 1 aromatic heterocycles. The van der Waals surface area contributed by atoms with E-state index >= 15 is 0 Å². The first-order chi connectivity index (χ1) is 13.1. The van der Waals surface area contributed by atoms with Gasteiger partial charge in [-0.1, -0.05) is 54.1 Å². The molecule has 8 nitrogen and oxygen atoms in total. The lowest BCUT2D eigenvalue weighted by atomic mass is 10.2. The van der Waals surface area contributed by atoms with E-state index < -0.39 is 6.23 Å². The van der Waals surface area contributed by atoms with Gasteiger partial charge >= 0.3 is 0 Å². The van der Waals surface area contributed by atoms with Gasteiger partial charge in [0.15, 0.2) is 5.82 Å². The van der Waals surface area contributed by atoms with Crippen LogP contribution in [0.4, 0.5) is 0 Å². The number of amides is 1. The van der Waals surface area contributed by atoms with Crippen molar-refractivity contribution in [3.05, 3.63) is 65.2 Å². The third-order valence-corrected chi connectivity index (χ3v) is 4.27. The first kappa shape index (κ1) is 17.2. The Balaban J connectivity index is 1.59. The Kier molecular flexibility index (Phi) is 4.55. The van der Waals surface area contributed by atoms with Crippen LogP contribution < -0.4 is 0 Å². The average molecular weight is 383 g/mol. The number of carbonyl (C=O) groups is 1. The van der Waals surface area contributed by atoms with Gasteiger partial charge in [-0.25, -0.2) is 4.68 Å². The predicted octanol–water partition coefficient (Wildman–Crippen LogP) is 2.88. The Morgan fingerprint density at radius 2 is 1.89 bits per heavy atom. The number of benzene rings is 2. The van der Waals surface area contributed by atoms with E-state index in [1.165, 1.54) is 11.9 Å². The highest BCUT2D eigenvalue weighted by atomic mass is 35.5. The quantitative estimate of drug-likeness (QED) is 0.692. The fourth-order valence-corrected chi connectivity index (χ4v) is 2.88. The van der Waals surface area contributed by atoms with Crippen LogP contribution in [0.25, 0.3) is 11.4 Å². The van der Waals surface area contributed by atoms with Crippen LogP contribution in [0.1, 0.15) is 18.7 Å². The highest BCUT2D eigenvalue weighted by Gasteiger charge is 2.33. The van der Waals surface area contributed by atoms with Gasteiger partial charge in [0.05, 0.1) is 0 Å². The minimum atomic E-state index is -0.647. The lowest BCUT2D eigenvalue weighted by Gasteiger charge is -2.19. The van der Waals surface area contributed by atoms with E-state index in [4.69, 9.17) is 16.3 Å². The van der Waals surface area contributed by atoms with Gasteiger partial charge in [0.25, 0.3) is 0 Å². The highest BCUT2D eigenvalue weighted by molar-refractivity contribution is 6.30. The van der Waals surface area contributed by atoms with Crippen molar-refractivity contribution in [3.8, 4) is 11.4 Å². The summed E-state index contributed by atoms with van der Waals surface area (Å²) in [4.78, 5) is 12.0. The van der Waals surface area contributed by atoms with E-state index in [0.29, 0.717) is 16.7 Å². The summed E-state index contributed by atoms with van der Waals surface area (Å²) < 4.78 is 7.50. The molecule has 9 heteroatoms. The van der Waals surface area contributed by atoms with Gasteiger partial charge in [-0.05, 0) is 22.6 Å². The summed E-state index contributed by atoms with van der Waals surface area (Å²) in [7, 11) is 0. The van der Waals surface area contributed by atoms with Crippen LogP contribution in [0.3, 0.4) is 0 Å². The van der Waals surface area contributed by atoms with Crippen LogP contribution in [0, 0.1) is 0 Å². The Morgan fingerprint density at radius 3 is 2.59 bits per heavy atom. The molecule has 27 heavy (non-hydrogen) atoms. The van der Waals surface area contributed by atoms with Gasteiger partial charge in [-0.2, -0.15) is 5.01 Å². The van der Waals surface area contributed by atoms with Crippen LogP contribution >= 0.6 is 11.6 Å². The standard InChI is InChI=1S/C18H15ClN6O2/c1-12(26)25-18(14-7-9-15(19)10-8-14)27-16(21-25)11-24-17(20-22-23-24)13-5-3-2-4-6-13/h2-10,18H,11H2,1H3. The number of nitrogens with zero attached hydrogens (tertiary/aromatic N) is 6. The van der Waals surface area contributed by atoms with E-state index in [0.717, 1.165) is 11.1 Å². The van der Waals surface area contributed by atoms with Crippen molar-refractivity contribution in [1.29, 1.82) is 0 Å². The molecule has 1 aliphatic rings. The molecule has 3 aromatic rings. The number of tetrazole rings is 1. The monoisotopic (exact) mass is 382 g/mol. The minimum Gasteiger partial charge on any atom is -0.448 e. The molecule has 0 spiro atoms. The van der Waals surface area contributed by atoms with Gasteiger partial charge in [0, 0.05) is 23.1 Å². The van der Waals surface area contributed by atoms with E-state index in [2.05, 4.69) is 20.6 Å². The van der Waals surface area contributed by atoms with Crippen molar-refractivity contribution in [2.75, 3.05) is 0 Å². The molecule has 0 aliphatic carbocycles. The van der Waals surface area contributed by atoms with Crippen molar-refractivity contribution in [2.45, 2.75) is 19.7 Å². The molecule has 0 radical (unpaired) electrons. The lowest BCUT2D eigenvalue weighted by Crippen LogP contribution is -2.25. The molecule has 4 rings (SSSR count). The summed E-state index contributed by atoms with van der Waals surface area (Å²) in [5.74, 6) is 0.700. The second-order valence-corrected chi connectivity index (χ2v) is 6.34. The molecule has 1 atom stereocenters. The third-order valence-electron chi connectivity index (χ3n) is 4.02. The molecular weight excluding hydrogens is 368 g/mol. The van der Waals surface area contributed by atoms with Gasteiger partial charge in [0.2, 0.25) is 18.0 Å². The molecule has 0 saturated heterocycles. The Morgan fingerprint density at radius 1 is 1.15 bits per heavy atom. The summed E-state index contributed by atoms with van der Waals surface area (Å²) >= 11 is 5.94. The fourth-order valence-electron chi connectivity index (χ4n) is 2.75. The van der Waals surface area contributed by atoms with Crippen LogP contribution in [0.15, 0.2) is 59.7 Å². The zero-order chi connectivity index (χ0) is 18.8. The smallest absolute Gasteiger partial charge is 0.243 e. The Bertz CT molecular complexity index is 987. The molecule has 0 N–H and O–H groups in total. The zero-order valence-electron chi connectivity index (χ0n) is 14.4. The normalized spacial score (nSPS) is 16.1.